The van der Waals surface area contributed by atoms with Crippen LogP contribution in [0.1, 0.15) is 30.7 Å². The van der Waals surface area contributed by atoms with E-state index in [2.05, 4.69) is 91.2 Å². The fourth-order valence-corrected chi connectivity index (χ4v) is 3.64. The fraction of sp³-hybridized carbons (Fsp3) is 0.304. The Hall–Kier alpha value is -2.88. The van der Waals surface area contributed by atoms with E-state index in [0.29, 0.717) is 6.04 Å². The third-order valence-electron chi connectivity index (χ3n) is 5.07. The predicted molar refractivity (Wildman–Crippen MR) is 112 cm³/mol. The Bertz CT molecular complexity index is 921. The zero-order chi connectivity index (χ0) is 18.8. The summed E-state index contributed by atoms with van der Waals surface area (Å²) in [6, 6.07) is 21.5. The van der Waals surface area contributed by atoms with Gasteiger partial charge in [-0.05, 0) is 44.4 Å². The number of anilines is 3. The summed E-state index contributed by atoms with van der Waals surface area (Å²) in [4.78, 5) is 14.3. The Morgan fingerprint density at radius 1 is 1.00 bits per heavy atom. The number of aromatic nitrogens is 2. The highest BCUT2D eigenvalue weighted by atomic mass is 15.3. The Labute approximate surface area is 161 Å². The minimum Gasteiger partial charge on any atom is -0.334 e. The highest BCUT2D eigenvalue weighted by Crippen LogP contribution is 2.34. The number of hydrogen-bond acceptors (Lipinski definition) is 4. The van der Waals surface area contributed by atoms with E-state index in [1.54, 1.807) is 0 Å². The Kier molecular flexibility index (Phi) is 4.80. The smallest absolute Gasteiger partial charge is 0.228 e. The van der Waals surface area contributed by atoms with Crippen molar-refractivity contribution in [2.24, 2.45) is 0 Å². The molecule has 4 nitrogen and oxygen atoms in total. The molecule has 27 heavy (non-hydrogen) atoms. The van der Waals surface area contributed by atoms with Crippen LogP contribution in [0, 0.1) is 6.92 Å². The van der Waals surface area contributed by atoms with E-state index in [-0.39, 0.29) is 0 Å². The first-order valence-electron chi connectivity index (χ1n) is 9.63. The van der Waals surface area contributed by atoms with Crippen molar-refractivity contribution in [2.75, 3.05) is 16.3 Å². The van der Waals surface area contributed by atoms with Crippen LogP contribution < -0.4 is 9.80 Å². The molecule has 138 valence electrons. The molecular weight excluding hydrogens is 332 g/mol. The third kappa shape index (κ3) is 3.65. The van der Waals surface area contributed by atoms with Crippen LogP contribution in [0.25, 0.3) is 0 Å². The molecule has 0 aliphatic carbocycles. The zero-order valence-corrected chi connectivity index (χ0v) is 16.3. The molecule has 3 aromatic rings. The highest BCUT2D eigenvalue weighted by molar-refractivity contribution is 5.68. The minimum atomic E-state index is 0.311. The lowest BCUT2D eigenvalue weighted by molar-refractivity contribution is 0.658. The molecule has 1 aromatic heterocycles. The predicted octanol–water partition coefficient (Wildman–Crippen LogP) is 4.89. The van der Waals surface area contributed by atoms with Gasteiger partial charge in [0.15, 0.2) is 0 Å². The van der Waals surface area contributed by atoms with Crippen molar-refractivity contribution in [1.82, 2.24) is 9.97 Å². The molecule has 0 N–H and O–H groups in total. The maximum atomic E-state index is 4.97. The average Bonchev–Trinajstić information content (AvgIpc) is 3.10. The van der Waals surface area contributed by atoms with Crippen LogP contribution >= 0.6 is 0 Å². The molecule has 0 atom stereocenters. The van der Waals surface area contributed by atoms with Crippen molar-refractivity contribution < 1.29 is 0 Å². The molecule has 4 rings (SSSR count). The van der Waals surface area contributed by atoms with E-state index in [4.69, 9.17) is 9.97 Å². The van der Waals surface area contributed by atoms with Gasteiger partial charge in [-0.1, -0.05) is 48.5 Å². The van der Waals surface area contributed by atoms with E-state index in [1.807, 2.05) is 0 Å². The molecule has 0 amide bonds. The van der Waals surface area contributed by atoms with E-state index in [0.717, 1.165) is 37.0 Å². The minimum absolute atomic E-state index is 0.311. The first-order chi connectivity index (χ1) is 13.1. The van der Waals surface area contributed by atoms with E-state index >= 15 is 0 Å². The lowest BCUT2D eigenvalue weighted by Crippen LogP contribution is -2.32. The highest BCUT2D eigenvalue weighted by Gasteiger charge is 2.23. The number of rotatable bonds is 5. The fourth-order valence-electron chi connectivity index (χ4n) is 3.64. The summed E-state index contributed by atoms with van der Waals surface area (Å²) >= 11 is 0. The van der Waals surface area contributed by atoms with Crippen molar-refractivity contribution in [2.45, 2.75) is 39.8 Å². The first kappa shape index (κ1) is 17.5. The number of aryl methyl sites for hydroxylation is 1. The molecule has 0 fully saturated rings. The number of benzene rings is 2. The summed E-state index contributed by atoms with van der Waals surface area (Å²) in [6.45, 7) is 8.21. The van der Waals surface area contributed by atoms with Gasteiger partial charge in [-0.2, -0.15) is 4.98 Å². The van der Waals surface area contributed by atoms with Gasteiger partial charge in [0, 0.05) is 36.6 Å². The number of hydrogen-bond donors (Lipinski definition) is 0. The SMILES string of the molecule is Cc1cc(N2CCc3ccccc32)nc(N(Cc2ccccc2)C(C)C)n1. The summed E-state index contributed by atoms with van der Waals surface area (Å²) < 4.78 is 0. The van der Waals surface area contributed by atoms with Crippen LogP contribution in [0.4, 0.5) is 17.5 Å². The molecule has 0 saturated carbocycles. The van der Waals surface area contributed by atoms with Crippen LogP contribution in [0.15, 0.2) is 60.7 Å². The topological polar surface area (TPSA) is 32.3 Å². The largest absolute Gasteiger partial charge is 0.334 e. The maximum Gasteiger partial charge on any atom is 0.228 e. The molecule has 0 unspecified atom stereocenters. The summed E-state index contributed by atoms with van der Waals surface area (Å²) in [5.74, 6) is 1.79. The zero-order valence-electron chi connectivity index (χ0n) is 16.3. The normalized spacial score (nSPS) is 13.1. The standard InChI is InChI=1S/C23H26N4/c1-17(2)27(16-19-9-5-4-6-10-19)23-24-18(3)15-22(25-23)26-14-13-20-11-7-8-12-21(20)26/h4-12,15,17H,13-14,16H2,1-3H3. The van der Waals surface area contributed by atoms with Gasteiger partial charge in [0.1, 0.15) is 5.82 Å². The van der Waals surface area contributed by atoms with Gasteiger partial charge in [0.05, 0.1) is 0 Å². The Morgan fingerprint density at radius 2 is 1.74 bits per heavy atom. The summed E-state index contributed by atoms with van der Waals surface area (Å²) in [5, 5.41) is 0. The molecular formula is C23H26N4. The van der Waals surface area contributed by atoms with Gasteiger partial charge >= 0.3 is 0 Å². The summed E-state index contributed by atoms with van der Waals surface area (Å²) in [6.07, 6.45) is 1.06. The molecule has 0 radical (unpaired) electrons. The quantitative estimate of drug-likeness (QED) is 0.650. The molecule has 0 bridgehead atoms. The number of nitrogens with zero attached hydrogens (tertiary/aromatic N) is 4. The molecule has 4 heteroatoms. The molecule has 0 spiro atoms. The van der Waals surface area contributed by atoms with Crippen LogP contribution in [0.5, 0.6) is 0 Å². The van der Waals surface area contributed by atoms with Crippen LogP contribution in [0.2, 0.25) is 0 Å². The van der Waals surface area contributed by atoms with Gasteiger partial charge in [0.25, 0.3) is 0 Å². The van der Waals surface area contributed by atoms with E-state index in [9.17, 15) is 0 Å². The molecule has 0 saturated heterocycles. The summed E-state index contributed by atoms with van der Waals surface area (Å²) in [7, 11) is 0. The lowest BCUT2D eigenvalue weighted by Gasteiger charge is -2.28. The second-order valence-electron chi connectivity index (χ2n) is 7.41. The molecule has 2 aromatic carbocycles. The summed E-state index contributed by atoms with van der Waals surface area (Å²) in [5.41, 5.74) is 4.92. The second kappa shape index (κ2) is 7.39. The van der Waals surface area contributed by atoms with Crippen LogP contribution in [-0.2, 0) is 13.0 Å². The van der Waals surface area contributed by atoms with Gasteiger partial charge < -0.3 is 9.80 Å². The van der Waals surface area contributed by atoms with Gasteiger partial charge in [0.2, 0.25) is 5.95 Å². The van der Waals surface area contributed by atoms with Crippen molar-refractivity contribution >= 4 is 17.5 Å². The van der Waals surface area contributed by atoms with Crippen molar-refractivity contribution in [3.05, 3.63) is 77.5 Å². The molecule has 1 aliphatic rings. The number of fused-ring (bicyclic) bond motifs is 1. The third-order valence-corrected chi connectivity index (χ3v) is 5.07. The van der Waals surface area contributed by atoms with Crippen molar-refractivity contribution in [3.63, 3.8) is 0 Å². The number of para-hydroxylation sites is 1. The van der Waals surface area contributed by atoms with Crippen molar-refractivity contribution in [3.8, 4) is 0 Å². The first-order valence-corrected chi connectivity index (χ1v) is 9.63. The van der Waals surface area contributed by atoms with Gasteiger partial charge in [-0.25, -0.2) is 4.98 Å². The Balaban J connectivity index is 1.69. The van der Waals surface area contributed by atoms with Crippen LogP contribution in [0.3, 0.4) is 0 Å². The van der Waals surface area contributed by atoms with Crippen molar-refractivity contribution in [1.29, 1.82) is 0 Å². The van der Waals surface area contributed by atoms with E-state index < -0.39 is 0 Å². The second-order valence-corrected chi connectivity index (χ2v) is 7.41. The van der Waals surface area contributed by atoms with E-state index in [1.165, 1.54) is 16.8 Å². The lowest BCUT2D eigenvalue weighted by atomic mass is 10.2. The van der Waals surface area contributed by atoms with Gasteiger partial charge in [-0.15, -0.1) is 0 Å². The average molecular weight is 358 g/mol. The van der Waals surface area contributed by atoms with Gasteiger partial charge in [-0.3, -0.25) is 0 Å². The van der Waals surface area contributed by atoms with Crippen LogP contribution in [-0.4, -0.2) is 22.6 Å². The molecule has 2 heterocycles. The Morgan fingerprint density at radius 3 is 2.52 bits per heavy atom. The molecule has 1 aliphatic heterocycles. The maximum absolute atomic E-state index is 4.97. The monoisotopic (exact) mass is 358 g/mol.